The van der Waals surface area contributed by atoms with E-state index < -0.39 is 6.10 Å². The second kappa shape index (κ2) is 7.81. The number of amides is 1. The standard InChI is InChI=1S/C15H18ClN3O2/c16-13-5-3-12(4-6-13)14(20)10-18-15(21)2-1-8-19-9-7-17-11-19/h3-7,9,11,14,20H,1-2,8,10H2,(H,18,21). The number of aryl methyl sites for hydroxylation is 1. The number of hydrogen-bond acceptors (Lipinski definition) is 3. The summed E-state index contributed by atoms with van der Waals surface area (Å²) in [6.07, 6.45) is 5.73. The second-order valence-corrected chi connectivity index (χ2v) is 5.21. The maximum Gasteiger partial charge on any atom is 0.220 e. The van der Waals surface area contributed by atoms with E-state index in [9.17, 15) is 9.90 Å². The normalized spacial score (nSPS) is 12.1. The van der Waals surface area contributed by atoms with Crippen LogP contribution in [0.5, 0.6) is 0 Å². The number of rotatable bonds is 7. The number of carbonyl (C=O) groups is 1. The summed E-state index contributed by atoms with van der Waals surface area (Å²) >= 11 is 5.79. The van der Waals surface area contributed by atoms with Gasteiger partial charge in [-0.05, 0) is 24.1 Å². The van der Waals surface area contributed by atoms with Crippen LogP contribution in [0.1, 0.15) is 24.5 Å². The van der Waals surface area contributed by atoms with Crippen molar-refractivity contribution in [2.24, 2.45) is 0 Å². The number of hydrogen-bond donors (Lipinski definition) is 2. The first kappa shape index (κ1) is 15.5. The highest BCUT2D eigenvalue weighted by atomic mass is 35.5. The van der Waals surface area contributed by atoms with Crippen LogP contribution in [0.3, 0.4) is 0 Å². The van der Waals surface area contributed by atoms with Crippen LogP contribution >= 0.6 is 11.6 Å². The quantitative estimate of drug-likeness (QED) is 0.824. The lowest BCUT2D eigenvalue weighted by atomic mass is 10.1. The van der Waals surface area contributed by atoms with Gasteiger partial charge in [0.25, 0.3) is 0 Å². The Kier molecular flexibility index (Phi) is 5.78. The lowest BCUT2D eigenvalue weighted by Gasteiger charge is -2.12. The molecule has 1 atom stereocenters. The smallest absolute Gasteiger partial charge is 0.220 e. The predicted molar refractivity (Wildman–Crippen MR) is 80.9 cm³/mol. The molecule has 1 aromatic carbocycles. The zero-order valence-electron chi connectivity index (χ0n) is 11.6. The summed E-state index contributed by atoms with van der Waals surface area (Å²) in [5, 5.41) is 13.3. The third kappa shape index (κ3) is 5.21. The lowest BCUT2D eigenvalue weighted by Crippen LogP contribution is -2.28. The highest BCUT2D eigenvalue weighted by Gasteiger charge is 2.09. The molecule has 2 rings (SSSR count). The van der Waals surface area contributed by atoms with Gasteiger partial charge in [0.1, 0.15) is 0 Å². The molecule has 0 bridgehead atoms. The molecule has 1 amide bonds. The van der Waals surface area contributed by atoms with E-state index in [-0.39, 0.29) is 12.5 Å². The zero-order valence-corrected chi connectivity index (χ0v) is 12.3. The van der Waals surface area contributed by atoms with Crippen molar-refractivity contribution in [3.05, 3.63) is 53.6 Å². The van der Waals surface area contributed by atoms with Gasteiger partial charge in [0, 0.05) is 36.9 Å². The average Bonchev–Trinajstić information content (AvgIpc) is 2.99. The summed E-state index contributed by atoms with van der Waals surface area (Å²) in [4.78, 5) is 15.6. The molecular formula is C15H18ClN3O2. The van der Waals surface area contributed by atoms with Crippen molar-refractivity contribution in [1.82, 2.24) is 14.9 Å². The number of imidazole rings is 1. The van der Waals surface area contributed by atoms with E-state index in [2.05, 4.69) is 10.3 Å². The molecule has 21 heavy (non-hydrogen) atoms. The number of carbonyl (C=O) groups excluding carboxylic acids is 1. The first-order chi connectivity index (χ1) is 10.1. The van der Waals surface area contributed by atoms with Crippen LogP contribution in [0.4, 0.5) is 0 Å². The number of nitrogens with zero attached hydrogens (tertiary/aromatic N) is 2. The summed E-state index contributed by atoms with van der Waals surface area (Å²) in [7, 11) is 0. The summed E-state index contributed by atoms with van der Waals surface area (Å²) < 4.78 is 1.93. The van der Waals surface area contributed by atoms with Crippen molar-refractivity contribution in [1.29, 1.82) is 0 Å². The van der Waals surface area contributed by atoms with Gasteiger partial charge in [-0.15, -0.1) is 0 Å². The fraction of sp³-hybridized carbons (Fsp3) is 0.333. The molecule has 0 spiro atoms. The Hall–Kier alpha value is -1.85. The Labute approximate surface area is 128 Å². The number of aromatic nitrogens is 2. The minimum absolute atomic E-state index is 0.0665. The van der Waals surface area contributed by atoms with Crippen LogP contribution in [0.15, 0.2) is 43.0 Å². The molecule has 0 aliphatic carbocycles. The van der Waals surface area contributed by atoms with E-state index >= 15 is 0 Å². The molecule has 1 unspecified atom stereocenters. The minimum Gasteiger partial charge on any atom is -0.387 e. The van der Waals surface area contributed by atoms with Gasteiger partial charge in [-0.3, -0.25) is 4.79 Å². The van der Waals surface area contributed by atoms with Gasteiger partial charge in [0.05, 0.1) is 12.4 Å². The van der Waals surface area contributed by atoms with Crippen LogP contribution in [0, 0.1) is 0 Å². The maximum atomic E-state index is 11.7. The molecule has 0 aliphatic heterocycles. The molecule has 112 valence electrons. The Morgan fingerprint density at radius 2 is 2.14 bits per heavy atom. The number of benzene rings is 1. The molecule has 1 aromatic heterocycles. The summed E-state index contributed by atoms with van der Waals surface area (Å²) in [5.74, 6) is -0.0665. The Morgan fingerprint density at radius 1 is 1.38 bits per heavy atom. The van der Waals surface area contributed by atoms with Gasteiger partial charge in [0.2, 0.25) is 5.91 Å². The number of aliphatic hydroxyl groups is 1. The van der Waals surface area contributed by atoms with Crippen LogP contribution in [-0.4, -0.2) is 27.1 Å². The van der Waals surface area contributed by atoms with E-state index in [1.807, 2.05) is 10.8 Å². The number of halogens is 1. The largest absolute Gasteiger partial charge is 0.387 e. The van der Waals surface area contributed by atoms with Crippen molar-refractivity contribution in [3.63, 3.8) is 0 Å². The fourth-order valence-corrected chi connectivity index (χ4v) is 2.07. The Balaban J connectivity index is 1.67. The zero-order chi connectivity index (χ0) is 15.1. The second-order valence-electron chi connectivity index (χ2n) is 4.78. The van der Waals surface area contributed by atoms with Crippen LogP contribution in [-0.2, 0) is 11.3 Å². The molecule has 1 heterocycles. The molecule has 0 saturated heterocycles. The summed E-state index contributed by atoms with van der Waals surface area (Å²) in [5.41, 5.74) is 0.734. The first-order valence-corrected chi connectivity index (χ1v) is 7.19. The van der Waals surface area contributed by atoms with Crippen LogP contribution in [0.2, 0.25) is 5.02 Å². The van der Waals surface area contributed by atoms with Crippen molar-refractivity contribution in [2.45, 2.75) is 25.5 Å². The molecule has 5 nitrogen and oxygen atoms in total. The van der Waals surface area contributed by atoms with Gasteiger partial charge in [-0.2, -0.15) is 0 Å². The van der Waals surface area contributed by atoms with Crippen LogP contribution in [0.25, 0.3) is 0 Å². The highest BCUT2D eigenvalue weighted by Crippen LogP contribution is 2.15. The van der Waals surface area contributed by atoms with Crippen molar-refractivity contribution >= 4 is 17.5 Å². The monoisotopic (exact) mass is 307 g/mol. The third-order valence-electron chi connectivity index (χ3n) is 3.13. The van der Waals surface area contributed by atoms with E-state index in [1.54, 1.807) is 36.8 Å². The maximum absolute atomic E-state index is 11.7. The van der Waals surface area contributed by atoms with Gasteiger partial charge in [-0.25, -0.2) is 4.98 Å². The topological polar surface area (TPSA) is 67.2 Å². The van der Waals surface area contributed by atoms with E-state index in [0.29, 0.717) is 11.4 Å². The molecule has 0 saturated carbocycles. The summed E-state index contributed by atoms with van der Waals surface area (Å²) in [6.45, 7) is 0.957. The fourth-order valence-electron chi connectivity index (χ4n) is 1.94. The molecule has 2 aromatic rings. The minimum atomic E-state index is -0.722. The van der Waals surface area contributed by atoms with Crippen molar-refractivity contribution in [2.75, 3.05) is 6.54 Å². The van der Waals surface area contributed by atoms with Gasteiger partial charge >= 0.3 is 0 Å². The molecule has 6 heteroatoms. The number of aliphatic hydroxyl groups excluding tert-OH is 1. The molecule has 0 radical (unpaired) electrons. The van der Waals surface area contributed by atoms with E-state index in [1.165, 1.54) is 0 Å². The molecule has 0 fully saturated rings. The van der Waals surface area contributed by atoms with E-state index in [0.717, 1.165) is 18.5 Å². The summed E-state index contributed by atoms with van der Waals surface area (Å²) in [6, 6.07) is 6.93. The van der Waals surface area contributed by atoms with Crippen molar-refractivity contribution in [3.8, 4) is 0 Å². The molecule has 2 N–H and O–H groups in total. The SMILES string of the molecule is O=C(CCCn1ccnc1)NCC(O)c1ccc(Cl)cc1. The van der Waals surface area contributed by atoms with Gasteiger partial charge < -0.3 is 15.0 Å². The van der Waals surface area contributed by atoms with Crippen molar-refractivity contribution < 1.29 is 9.90 Å². The highest BCUT2D eigenvalue weighted by molar-refractivity contribution is 6.30. The predicted octanol–water partition coefficient (Wildman–Crippen LogP) is 2.17. The Morgan fingerprint density at radius 3 is 2.81 bits per heavy atom. The molecular weight excluding hydrogens is 290 g/mol. The lowest BCUT2D eigenvalue weighted by molar-refractivity contribution is -0.121. The average molecular weight is 308 g/mol. The Bertz CT molecular complexity index is 555. The van der Waals surface area contributed by atoms with E-state index in [4.69, 9.17) is 11.6 Å². The van der Waals surface area contributed by atoms with Gasteiger partial charge in [-0.1, -0.05) is 23.7 Å². The van der Waals surface area contributed by atoms with Crippen LogP contribution < -0.4 is 5.32 Å². The van der Waals surface area contributed by atoms with Gasteiger partial charge in [0.15, 0.2) is 0 Å². The third-order valence-corrected chi connectivity index (χ3v) is 3.38. The first-order valence-electron chi connectivity index (χ1n) is 6.81. The number of nitrogens with one attached hydrogen (secondary N) is 1. The molecule has 0 aliphatic rings.